The van der Waals surface area contributed by atoms with Gasteiger partial charge in [-0.2, -0.15) is 0 Å². The number of hydrogen-bond acceptors (Lipinski definition) is 3. The Morgan fingerprint density at radius 1 is 1.12 bits per heavy atom. The molecule has 0 spiro atoms. The van der Waals surface area contributed by atoms with Crippen LogP contribution in [0.4, 0.5) is 0 Å². The summed E-state index contributed by atoms with van der Waals surface area (Å²) in [7, 11) is 0. The van der Waals surface area contributed by atoms with E-state index >= 15 is 0 Å². The van der Waals surface area contributed by atoms with Crippen molar-refractivity contribution >= 4 is 16.8 Å². The summed E-state index contributed by atoms with van der Waals surface area (Å²) in [4.78, 5) is 22.4. The first kappa shape index (κ1) is 15.6. The number of fused-ring (bicyclic) bond motifs is 1. The maximum Gasteiger partial charge on any atom is 0.256 e. The van der Waals surface area contributed by atoms with Gasteiger partial charge in [-0.05, 0) is 50.9 Å². The van der Waals surface area contributed by atoms with Gasteiger partial charge in [-0.1, -0.05) is 25.1 Å². The fourth-order valence-electron chi connectivity index (χ4n) is 4.56. The van der Waals surface area contributed by atoms with E-state index in [2.05, 4.69) is 21.7 Å². The van der Waals surface area contributed by atoms with Crippen molar-refractivity contribution in [3.05, 3.63) is 42.1 Å². The van der Waals surface area contributed by atoms with Crippen LogP contribution in [-0.4, -0.2) is 52.4 Å². The van der Waals surface area contributed by atoms with Gasteiger partial charge < -0.3 is 4.90 Å². The molecule has 4 nitrogen and oxygen atoms in total. The molecule has 0 bridgehead atoms. The van der Waals surface area contributed by atoms with Crippen LogP contribution in [0.15, 0.2) is 36.5 Å². The minimum absolute atomic E-state index is 0.157. The van der Waals surface area contributed by atoms with Gasteiger partial charge in [0.05, 0.1) is 11.1 Å². The Balaban J connectivity index is 1.65. The fraction of sp³-hybridized carbons (Fsp3) is 0.500. The number of likely N-dealkylation sites (tertiary alicyclic amines) is 2. The van der Waals surface area contributed by atoms with E-state index in [0.29, 0.717) is 12.1 Å². The van der Waals surface area contributed by atoms with Gasteiger partial charge in [0.2, 0.25) is 0 Å². The van der Waals surface area contributed by atoms with Gasteiger partial charge in [0, 0.05) is 30.2 Å². The number of aromatic nitrogens is 1. The SMILES string of the molecule is CCN1CCCC1C1CCCN1C(=O)c1cccc2cccnc12. The Kier molecular flexibility index (Phi) is 4.23. The second-order valence-corrected chi connectivity index (χ2v) is 6.93. The first-order valence-corrected chi connectivity index (χ1v) is 9.18. The predicted octanol–water partition coefficient (Wildman–Crippen LogP) is 3.32. The molecule has 2 aromatic rings. The van der Waals surface area contributed by atoms with Gasteiger partial charge in [-0.3, -0.25) is 14.7 Å². The summed E-state index contributed by atoms with van der Waals surface area (Å²) in [6.45, 7) is 5.36. The molecular formula is C20H25N3O. The summed E-state index contributed by atoms with van der Waals surface area (Å²) in [6.07, 6.45) is 6.49. The predicted molar refractivity (Wildman–Crippen MR) is 96.1 cm³/mol. The fourth-order valence-corrected chi connectivity index (χ4v) is 4.56. The highest BCUT2D eigenvalue weighted by Gasteiger charge is 2.39. The summed E-state index contributed by atoms with van der Waals surface area (Å²) in [5.74, 6) is 0.157. The van der Waals surface area contributed by atoms with Crippen LogP contribution in [0.2, 0.25) is 0 Å². The topological polar surface area (TPSA) is 36.4 Å². The normalized spacial score (nSPS) is 24.8. The summed E-state index contributed by atoms with van der Waals surface area (Å²) in [6, 6.07) is 10.8. The summed E-state index contributed by atoms with van der Waals surface area (Å²) >= 11 is 0. The minimum atomic E-state index is 0.157. The Hall–Kier alpha value is -1.94. The first-order valence-electron chi connectivity index (χ1n) is 9.18. The molecule has 2 fully saturated rings. The Morgan fingerprint density at radius 3 is 2.79 bits per heavy atom. The average molecular weight is 323 g/mol. The number of amides is 1. The zero-order valence-corrected chi connectivity index (χ0v) is 14.3. The molecule has 24 heavy (non-hydrogen) atoms. The van der Waals surface area contributed by atoms with Crippen LogP contribution in [-0.2, 0) is 0 Å². The van der Waals surface area contributed by atoms with Crippen LogP contribution in [0, 0.1) is 0 Å². The van der Waals surface area contributed by atoms with Crippen LogP contribution < -0.4 is 0 Å². The summed E-state index contributed by atoms with van der Waals surface area (Å²) in [5.41, 5.74) is 1.58. The lowest BCUT2D eigenvalue weighted by molar-refractivity contribution is 0.0651. The molecule has 1 aromatic heterocycles. The Morgan fingerprint density at radius 2 is 1.92 bits per heavy atom. The highest BCUT2D eigenvalue weighted by Crippen LogP contribution is 2.31. The molecule has 2 unspecified atom stereocenters. The highest BCUT2D eigenvalue weighted by molar-refractivity contribution is 6.05. The van der Waals surface area contributed by atoms with Crippen molar-refractivity contribution < 1.29 is 4.79 Å². The number of pyridine rings is 1. The Bertz CT molecular complexity index is 739. The van der Waals surface area contributed by atoms with Crippen molar-refractivity contribution in [2.45, 2.75) is 44.7 Å². The first-order chi connectivity index (χ1) is 11.8. The summed E-state index contributed by atoms with van der Waals surface area (Å²) in [5, 5.41) is 1.04. The monoisotopic (exact) mass is 323 g/mol. The number of nitrogens with zero attached hydrogens (tertiary/aromatic N) is 3. The Labute approximate surface area is 143 Å². The molecule has 126 valence electrons. The molecule has 3 heterocycles. The number of rotatable bonds is 3. The zero-order valence-electron chi connectivity index (χ0n) is 14.3. The van der Waals surface area contributed by atoms with E-state index in [9.17, 15) is 4.79 Å². The molecule has 2 saturated heterocycles. The molecule has 1 aromatic carbocycles. The van der Waals surface area contributed by atoms with E-state index in [-0.39, 0.29) is 5.91 Å². The van der Waals surface area contributed by atoms with E-state index in [0.717, 1.165) is 42.4 Å². The van der Waals surface area contributed by atoms with E-state index in [1.54, 1.807) is 6.20 Å². The van der Waals surface area contributed by atoms with Crippen molar-refractivity contribution in [1.29, 1.82) is 0 Å². The molecule has 2 aliphatic heterocycles. The molecule has 4 heteroatoms. The van der Waals surface area contributed by atoms with Crippen molar-refractivity contribution in [2.75, 3.05) is 19.6 Å². The van der Waals surface area contributed by atoms with Crippen molar-refractivity contribution in [3.63, 3.8) is 0 Å². The van der Waals surface area contributed by atoms with Gasteiger partial charge in [0.15, 0.2) is 0 Å². The largest absolute Gasteiger partial charge is 0.334 e. The van der Waals surface area contributed by atoms with Gasteiger partial charge in [-0.25, -0.2) is 0 Å². The molecular weight excluding hydrogens is 298 g/mol. The zero-order chi connectivity index (χ0) is 16.5. The average Bonchev–Trinajstić information content (AvgIpc) is 3.28. The van der Waals surface area contributed by atoms with Crippen molar-refractivity contribution in [3.8, 4) is 0 Å². The lowest BCUT2D eigenvalue weighted by atomic mass is 10.0. The number of carbonyl (C=O) groups is 1. The van der Waals surface area contributed by atoms with Crippen molar-refractivity contribution in [1.82, 2.24) is 14.8 Å². The maximum atomic E-state index is 13.3. The van der Waals surface area contributed by atoms with Gasteiger partial charge in [0.25, 0.3) is 5.91 Å². The van der Waals surface area contributed by atoms with Crippen molar-refractivity contribution in [2.24, 2.45) is 0 Å². The van der Waals surface area contributed by atoms with Crippen LogP contribution >= 0.6 is 0 Å². The third kappa shape index (κ3) is 2.59. The van der Waals surface area contributed by atoms with Crippen LogP contribution in [0.3, 0.4) is 0 Å². The maximum absolute atomic E-state index is 13.3. The molecule has 0 aliphatic carbocycles. The van der Waals surface area contributed by atoms with E-state index in [1.807, 2.05) is 30.3 Å². The smallest absolute Gasteiger partial charge is 0.256 e. The van der Waals surface area contributed by atoms with Crippen LogP contribution in [0.25, 0.3) is 10.9 Å². The highest BCUT2D eigenvalue weighted by atomic mass is 16.2. The number of hydrogen-bond donors (Lipinski definition) is 0. The van der Waals surface area contributed by atoms with E-state index in [1.165, 1.54) is 19.4 Å². The number of para-hydroxylation sites is 1. The number of benzene rings is 1. The molecule has 0 saturated carbocycles. The molecule has 1 amide bonds. The third-order valence-electron chi connectivity index (χ3n) is 5.69. The van der Waals surface area contributed by atoms with Gasteiger partial charge in [-0.15, -0.1) is 0 Å². The van der Waals surface area contributed by atoms with Crippen LogP contribution in [0.1, 0.15) is 43.0 Å². The number of likely N-dealkylation sites (N-methyl/N-ethyl adjacent to an activating group) is 1. The van der Waals surface area contributed by atoms with Gasteiger partial charge in [0.1, 0.15) is 0 Å². The van der Waals surface area contributed by atoms with E-state index < -0.39 is 0 Å². The molecule has 2 aliphatic rings. The molecule has 0 radical (unpaired) electrons. The second kappa shape index (κ2) is 6.52. The number of carbonyl (C=O) groups excluding carboxylic acids is 1. The molecule has 2 atom stereocenters. The van der Waals surface area contributed by atoms with Crippen LogP contribution in [0.5, 0.6) is 0 Å². The lowest BCUT2D eigenvalue weighted by Crippen LogP contribution is -2.48. The van der Waals surface area contributed by atoms with Gasteiger partial charge >= 0.3 is 0 Å². The molecule has 4 rings (SSSR count). The quantitative estimate of drug-likeness (QED) is 0.869. The molecule has 0 N–H and O–H groups in total. The standard InChI is InChI=1S/C20H25N3O/c1-2-22-13-5-10-17(22)18-11-6-14-23(18)20(24)16-9-3-7-15-8-4-12-21-19(15)16/h3-4,7-9,12,17-18H,2,5-6,10-11,13-14H2,1H3. The minimum Gasteiger partial charge on any atom is -0.334 e. The lowest BCUT2D eigenvalue weighted by Gasteiger charge is -2.34. The summed E-state index contributed by atoms with van der Waals surface area (Å²) < 4.78 is 0. The third-order valence-corrected chi connectivity index (χ3v) is 5.69. The second-order valence-electron chi connectivity index (χ2n) is 6.93. The van der Waals surface area contributed by atoms with E-state index in [4.69, 9.17) is 0 Å².